The maximum absolute atomic E-state index is 12.7. The minimum absolute atomic E-state index is 0.0749. The Labute approximate surface area is 151 Å². The van der Waals surface area contributed by atoms with Gasteiger partial charge in [0.25, 0.3) is 0 Å². The van der Waals surface area contributed by atoms with E-state index < -0.39 is 17.4 Å². The van der Waals surface area contributed by atoms with Crippen LogP contribution in [0.2, 0.25) is 0 Å². The zero-order valence-electron chi connectivity index (χ0n) is 16.5. The zero-order valence-corrected chi connectivity index (χ0v) is 16.5. The molecular weight excluding hydrogens is 322 g/mol. The molecule has 2 N–H and O–H groups in total. The molecule has 0 radical (unpaired) electrons. The summed E-state index contributed by atoms with van der Waals surface area (Å²) in [6.07, 6.45) is 4.84. The third kappa shape index (κ3) is 8.86. The van der Waals surface area contributed by atoms with Crippen LogP contribution in [0.25, 0.3) is 0 Å². The molecule has 2 atom stereocenters. The number of unbranched alkanes of at least 4 members (excludes halogenated alkanes) is 3. The molecule has 25 heavy (non-hydrogen) atoms. The number of nitrogens with zero attached hydrogens (tertiary/aromatic N) is 2. The van der Waals surface area contributed by atoms with Crippen molar-refractivity contribution < 1.29 is 19.6 Å². The van der Waals surface area contributed by atoms with Crippen LogP contribution in [-0.2, 0) is 14.4 Å². The van der Waals surface area contributed by atoms with Gasteiger partial charge in [-0.2, -0.15) is 0 Å². The van der Waals surface area contributed by atoms with Gasteiger partial charge >= 0.3 is 0 Å². The van der Waals surface area contributed by atoms with Gasteiger partial charge in [0, 0.05) is 14.1 Å². The van der Waals surface area contributed by atoms with Crippen molar-refractivity contribution in [2.24, 2.45) is 11.3 Å². The lowest BCUT2D eigenvalue weighted by Crippen LogP contribution is -2.55. The maximum Gasteiger partial charge on any atom is 0.245 e. The fourth-order valence-corrected chi connectivity index (χ4v) is 2.56. The standard InChI is InChI=1S/C18H35N3O4/c1-7-8-9-10-11-14(12-21(25)13-22)16(23)19-15(18(2,3)4)17(24)20(5)6/h13-15,25H,7-12H2,1-6H3,(H,19,23)/t14-,15+/m0/s1. The highest BCUT2D eigenvalue weighted by Gasteiger charge is 2.35. The molecule has 0 spiro atoms. The monoisotopic (exact) mass is 357 g/mol. The normalized spacial score (nSPS) is 13.7. The van der Waals surface area contributed by atoms with Crippen LogP contribution in [0.15, 0.2) is 0 Å². The summed E-state index contributed by atoms with van der Waals surface area (Å²) in [6, 6.07) is -0.670. The van der Waals surface area contributed by atoms with E-state index in [-0.39, 0.29) is 18.4 Å². The minimum atomic E-state index is -0.670. The van der Waals surface area contributed by atoms with Crippen LogP contribution in [0.1, 0.15) is 59.8 Å². The molecule has 0 fully saturated rings. The summed E-state index contributed by atoms with van der Waals surface area (Å²) < 4.78 is 0. The average molecular weight is 357 g/mol. The highest BCUT2D eigenvalue weighted by molar-refractivity contribution is 5.89. The van der Waals surface area contributed by atoms with Gasteiger partial charge in [-0.25, -0.2) is 5.06 Å². The number of nitrogens with one attached hydrogen (secondary N) is 1. The molecule has 0 saturated carbocycles. The quantitative estimate of drug-likeness (QED) is 0.256. The van der Waals surface area contributed by atoms with Crippen molar-refractivity contribution in [2.75, 3.05) is 20.6 Å². The van der Waals surface area contributed by atoms with Crippen molar-refractivity contribution >= 4 is 18.2 Å². The van der Waals surface area contributed by atoms with E-state index in [0.717, 1.165) is 25.7 Å². The Morgan fingerprint density at radius 1 is 1.16 bits per heavy atom. The molecule has 146 valence electrons. The Morgan fingerprint density at radius 3 is 2.20 bits per heavy atom. The van der Waals surface area contributed by atoms with Crippen LogP contribution in [0.4, 0.5) is 0 Å². The van der Waals surface area contributed by atoms with Crippen LogP contribution in [0.3, 0.4) is 0 Å². The van der Waals surface area contributed by atoms with Crippen molar-refractivity contribution in [1.82, 2.24) is 15.3 Å². The lowest BCUT2D eigenvalue weighted by Gasteiger charge is -2.33. The van der Waals surface area contributed by atoms with Crippen LogP contribution >= 0.6 is 0 Å². The van der Waals surface area contributed by atoms with Crippen molar-refractivity contribution in [1.29, 1.82) is 0 Å². The summed E-state index contributed by atoms with van der Waals surface area (Å²) in [4.78, 5) is 37.3. The number of hydroxylamine groups is 2. The van der Waals surface area contributed by atoms with Crippen molar-refractivity contribution in [3.63, 3.8) is 0 Å². The van der Waals surface area contributed by atoms with Gasteiger partial charge in [0.15, 0.2) is 0 Å². The predicted octanol–water partition coefficient (Wildman–Crippen LogP) is 2.04. The van der Waals surface area contributed by atoms with E-state index in [9.17, 15) is 19.6 Å². The van der Waals surface area contributed by atoms with Gasteiger partial charge in [0.1, 0.15) is 6.04 Å². The molecule has 3 amide bonds. The molecule has 0 aliphatic carbocycles. The third-order valence-electron chi connectivity index (χ3n) is 4.15. The van der Waals surface area contributed by atoms with Gasteiger partial charge in [-0.05, 0) is 11.8 Å². The van der Waals surface area contributed by atoms with Crippen molar-refractivity contribution in [3.8, 4) is 0 Å². The number of carbonyl (C=O) groups is 3. The summed E-state index contributed by atoms with van der Waals surface area (Å²) in [6.45, 7) is 7.69. The number of amides is 3. The van der Waals surface area contributed by atoms with E-state index in [0.29, 0.717) is 17.9 Å². The van der Waals surface area contributed by atoms with Gasteiger partial charge in [-0.3, -0.25) is 19.6 Å². The van der Waals surface area contributed by atoms with Gasteiger partial charge in [-0.1, -0.05) is 53.4 Å². The number of hydrogen-bond donors (Lipinski definition) is 2. The van der Waals surface area contributed by atoms with Crippen LogP contribution < -0.4 is 5.32 Å². The second-order valence-electron chi connectivity index (χ2n) is 7.81. The Hall–Kier alpha value is -1.63. The largest absolute Gasteiger partial charge is 0.347 e. The Kier molecular flexibility index (Phi) is 10.4. The molecule has 0 unspecified atom stereocenters. The molecule has 0 heterocycles. The molecular formula is C18H35N3O4. The number of hydrogen-bond acceptors (Lipinski definition) is 4. The summed E-state index contributed by atoms with van der Waals surface area (Å²) >= 11 is 0. The van der Waals surface area contributed by atoms with Gasteiger partial charge in [-0.15, -0.1) is 0 Å². The second-order valence-corrected chi connectivity index (χ2v) is 7.81. The molecule has 0 rings (SSSR count). The van der Waals surface area contributed by atoms with Gasteiger partial charge in [0.05, 0.1) is 12.5 Å². The van der Waals surface area contributed by atoms with Crippen LogP contribution in [-0.4, -0.2) is 60.1 Å². The molecule has 0 aromatic carbocycles. The summed E-state index contributed by atoms with van der Waals surface area (Å²) in [5, 5.41) is 12.8. The van der Waals surface area contributed by atoms with Crippen molar-refractivity contribution in [3.05, 3.63) is 0 Å². The Morgan fingerprint density at radius 2 is 1.76 bits per heavy atom. The number of carbonyl (C=O) groups excluding carboxylic acids is 3. The fourth-order valence-electron chi connectivity index (χ4n) is 2.56. The third-order valence-corrected chi connectivity index (χ3v) is 4.15. The first-order valence-corrected chi connectivity index (χ1v) is 8.96. The predicted molar refractivity (Wildman–Crippen MR) is 96.9 cm³/mol. The van der Waals surface area contributed by atoms with E-state index in [1.54, 1.807) is 14.1 Å². The summed E-state index contributed by atoms with van der Waals surface area (Å²) in [5.74, 6) is -1.04. The molecule has 0 aromatic heterocycles. The molecule has 7 nitrogen and oxygen atoms in total. The van der Waals surface area contributed by atoms with Gasteiger partial charge < -0.3 is 10.2 Å². The first-order chi connectivity index (χ1) is 11.5. The molecule has 0 saturated heterocycles. The van der Waals surface area contributed by atoms with E-state index in [1.807, 2.05) is 20.8 Å². The Balaban J connectivity index is 5.10. The lowest BCUT2D eigenvalue weighted by molar-refractivity contribution is -0.155. The molecule has 0 aliphatic rings. The van der Waals surface area contributed by atoms with E-state index >= 15 is 0 Å². The minimum Gasteiger partial charge on any atom is -0.347 e. The van der Waals surface area contributed by atoms with E-state index in [2.05, 4.69) is 12.2 Å². The second kappa shape index (κ2) is 11.1. The highest BCUT2D eigenvalue weighted by Crippen LogP contribution is 2.22. The average Bonchev–Trinajstić information content (AvgIpc) is 2.52. The number of rotatable bonds is 11. The number of likely N-dealkylation sites (N-methyl/N-ethyl adjacent to an activating group) is 1. The van der Waals surface area contributed by atoms with E-state index in [1.165, 1.54) is 4.90 Å². The fraction of sp³-hybridized carbons (Fsp3) is 0.833. The molecule has 0 aromatic rings. The highest BCUT2D eigenvalue weighted by atomic mass is 16.5. The molecule has 0 bridgehead atoms. The first-order valence-electron chi connectivity index (χ1n) is 8.96. The summed E-state index contributed by atoms with van der Waals surface area (Å²) in [7, 11) is 3.30. The summed E-state index contributed by atoms with van der Waals surface area (Å²) in [5.41, 5.74) is -0.451. The zero-order chi connectivity index (χ0) is 19.6. The van der Waals surface area contributed by atoms with E-state index in [4.69, 9.17) is 0 Å². The molecule has 7 heteroatoms. The maximum atomic E-state index is 12.7. The smallest absolute Gasteiger partial charge is 0.245 e. The van der Waals surface area contributed by atoms with Gasteiger partial charge in [0.2, 0.25) is 18.2 Å². The molecule has 0 aliphatic heterocycles. The van der Waals surface area contributed by atoms with Crippen LogP contribution in [0.5, 0.6) is 0 Å². The Bertz CT molecular complexity index is 433. The first kappa shape index (κ1) is 23.4. The lowest BCUT2D eigenvalue weighted by atomic mass is 9.85. The van der Waals surface area contributed by atoms with Crippen LogP contribution in [0, 0.1) is 11.3 Å². The van der Waals surface area contributed by atoms with Crippen molar-refractivity contribution in [2.45, 2.75) is 65.8 Å². The SMILES string of the molecule is CCCCCC[C@@H](CN(O)C=O)C(=O)N[C@H](C(=O)N(C)C)C(C)(C)C. The topological polar surface area (TPSA) is 90.0 Å².